The molecule has 1 heterocycles. The summed E-state index contributed by atoms with van der Waals surface area (Å²) in [6, 6.07) is 11.0. The van der Waals surface area contributed by atoms with Gasteiger partial charge in [-0.1, -0.05) is 30.3 Å². The fourth-order valence-electron chi connectivity index (χ4n) is 1.90. The molecule has 6 heteroatoms. The van der Waals surface area contributed by atoms with Gasteiger partial charge in [0.05, 0.1) is 5.69 Å². The van der Waals surface area contributed by atoms with E-state index in [2.05, 4.69) is 10.4 Å². The summed E-state index contributed by atoms with van der Waals surface area (Å²) in [5, 5.41) is 6.60. The first-order valence-electron chi connectivity index (χ1n) is 6.31. The Balaban J connectivity index is 1.84. The van der Waals surface area contributed by atoms with Gasteiger partial charge >= 0.3 is 6.18 Å². The van der Waals surface area contributed by atoms with E-state index in [-0.39, 0.29) is 0 Å². The van der Waals surface area contributed by atoms with Crippen molar-refractivity contribution >= 4 is 0 Å². The molecule has 108 valence electrons. The van der Waals surface area contributed by atoms with E-state index in [1.807, 2.05) is 30.3 Å². The van der Waals surface area contributed by atoms with Crippen LogP contribution in [0.4, 0.5) is 13.2 Å². The third-order valence-corrected chi connectivity index (χ3v) is 3.01. The molecule has 0 aliphatic rings. The van der Waals surface area contributed by atoms with Crippen LogP contribution in [0.25, 0.3) is 0 Å². The van der Waals surface area contributed by atoms with Crippen LogP contribution in [-0.4, -0.2) is 16.3 Å². The molecule has 0 saturated carbocycles. The minimum absolute atomic E-state index is 0.367. The van der Waals surface area contributed by atoms with E-state index in [1.165, 1.54) is 17.3 Å². The summed E-state index contributed by atoms with van der Waals surface area (Å²) in [6.07, 6.45) is -3.55. The van der Waals surface area contributed by atoms with Crippen molar-refractivity contribution in [2.45, 2.75) is 19.1 Å². The van der Waals surface area contributed by atoms with Crippen molar-refractivity contribution in [2.75, 3.05) is 6.54 Å². The third-order valence-electron chi connectivity index (χ3n) is 3.01. The molecule has 3 nitrogen and oxygen atoms in total. The van der Waals surface area contributed by atoms with E-state index in [9.17, 15) is 13.2 Å². The number of aromatic nitrogens is 2. The number of alkyl halides is 3. The molecule has 20 heavy (non-hydrogen) atoms. The molecule has 0 unspecified atom stereocenters. The first-order valence-corrected chi connectivity index (χ1v) is 6.31. The summed E-state index contributed by atoms with van der Waals surface area (Å²) < 4.78 is 38.7. The zero-order chi connectivity index (χ0) is 14.6. The van der Waals surface area contributed by atoms with E-state index >= 15 is 0 Å². The highest BCUT2D eigenvalue weighted by Crippen LogP contribution is 2.28. The van der Waals surface area contributed by atoms with Gasteiger partial charge in [-0.25, -0.2) is 0 Å². The van der Waals surface area contributed by atoms with Crippen LogP contribution in [0.15, 0.2) is 36.4 Å². The van der Waals surface area contributed by atoms with Gasteiger partial charge in [0.15, 0.2) is 5.69 Å². The van der Waals surface area contributed by atoms with Crippen LogP contribution in [0.3, 0.4) is 0 Å². The first-order chi connectivity index (χ1) is 9.47. The van der Waals surface area contributed by atoms with Gasteiger partial charge in [0.25, 0.3) is 0 Å². The molecule has 0 amide bonds. The van der Waals surface area contributed by atoms with Crippen molar-refractivity contribution in [3.8, 4) is 0 Å². The molecular formula is C14H16F3N3. The predicted octanol–water partition coefficient (Wildman–Crippen LogP) is 2.77. The zero-order valence-electron chi connectivity index (χ0n) is 11.1. The lowest BCUT2D eigenvalue weighted by Crippen LogP contribution is -2.18. The summed E-state index contributed by atoms with van der Waals surface area (Å²) in [5.41, 5.74) is 0.867. The number of nitrogens with zero attached hydrogens (tertiary/aromatic N) is 2. The molecular weight excluding hydrogens is 267 g/mol. The maximum Gasteiger partial charge on any atom is 0.435 e. The monoisotopic (exact) mass is 283 g/mol. The van der Waals surface area contributed by atoms with Crippen LogP contribution >= 0.6 is 0 Å². The minimum Gasteiger partial charge on any atom is -0.311 e. The minimum atomic E-state index is -4.39. The topological polar surface area (TPSA) is 29.9 Å². The maximum absolute atomic E-state index is 12.5. The van der Waals surface area contributed by atoms with Crippen LogP contribution < -0.4 is 5.32 Å². The number of hydrogen-bond donors (Lipinski definition) is 1. The number of nitrogens with one attached hydrogen (secondary N) is 1. The number of hydrogen-bond acceptors (Lipinski definition) is 2. The normalized spacial score (nSPS) is 11.8. The van der Waals surface area contributed by atoms with Gasteiger partial charge in [-0.05, 0) is 24.6 Å². The second-order valence-electron chi connectivity index (χ2n) is 4.55. The van der Waals surface area contributed by atoms with Crippen LogP contribution in [0.5, 0.6) is 0 Å². The second kappa shape index (κ2) is 6.09. The van der Waals surface area contributed by atoms with Gasteiger partial charge in [0, 0.05) is 13.6 Å². The zero-order valence-corrected chi connectivity index (χ0v) is 11.1. The first kappa shape index (κ1) is 14.6. The molecule has 0 spiro atoms. The Bertz CT molecular complexity index is 547. The molecule has 2 rings (SSSR count). The van der Waals surface area contributed by atoms with Gasteiger partial charge in [0.1, 0.15) is 0 Å². The Morgan fingerprint density at radius 3 is 2.50 bits per heavy atom. The van der Waals surface area contributed by atoms with Gasteiger partial charge in [-0.2, -0.15) is 18.3 Å². The molecule has 0 saturated heterocycles. The molecule has 1 aromatic carbocycles. The van der Waals surface area contributed by atoms with Crippen LogP contribution in [0, 0.1) is 0 Å². The van der Waals surface area contributed by atoms with Crippen molar-refractivity contribution in [1.82, 2.24) is 15.1 Å². The Hall–Kier alpha value is -1.82. The second-order valence-corrected chi connectivity index (χ2v) is 4.55. The molecule has 0 aliphatic heterocycles. The van der Waals surface area contributed by atoms with Crippen molar-refractivity contribution in [2.24, 2.45) is 7.05 Å². The lowest BCUT2D eigenvalue weighted by Gasteiger charge is -2.05. The molecule has 0 bridgehead atoms. The predicted molar refractivity (Wildman–Crippen MR) is 70.1 cm³/mol. The highest BCUT2D eigenvalue weighted by Gasteiger charge is 2.34. The molecule has 0 aliphatic carbocycles. The van der Waals surface area contributed by atoms with E-state index < -0.39 is 11.9 Å². The van der Waals surface area contributed by atoms with Crippen LogP contribution in [0.2, 0.25) is 0 Å². The molecule has 1 N–H and O–H groups in total. The van der Waals surface area contributed by atoms with Crippen LogP contribution in [0.1, 0.15) is 17.0 Å². The highest BCUT2D eigenvalue weighted by molar-refractivity contribution is 5.15. The third kappa shape index (κ3) is 3.84. The van der Waals surface area contributed by atoms with Gasteiger partial charge in [-0.15, -0.1) is 0 Å². The average Bonchev–Trinajstić information content (AvgIpc) is 2.77. The summed E-state index contributed by atoms with van der Waals surface area (Å²) in [4.78, 5) is 0. The Morgan fingerprint density at radius 2 is 1.90 bits per heavy atom. The van der Waals surface area contributed by atoms with E-state index in [4.69, 9.17) is 0 Å². The van der Waals surface area contributed by atoms with Crippen LogP contribution in [-0.2, 0) is 26.2 Å². The van der Waals surface area contributed by atoms with Crippen molar-refractivity contribution < 1.29 is 13.2 Å². The number of aryl methyl sites for hydroxylation is 1. The quantitative estimate of drug-likeness (QED) is 0.855. The summed E-state index contributed by atoms with van der Waals surface area (Å²) >= 11 is 0. The lowest BCUT2D eigenvalue weighted by molar-refractivity contribution is -0.141. The van der Waals surface area contributed by atoms with E-state index in [0.717, 1.165) is 12.5 Å². The number of halogens is 3. The fourth-order valence-corrected chi connectivity index (χ4v) is 1.90. The largest absolute Gasteiger partial charge is 0.435 e. The standard InChI is InChI=1S/C14H16F3N3/c1-20-12(9-13(19-20)14(15,16)17)10-18-8-7-11-5-3-2-4-6-11/h2-6,9,18H,7-8,10H2,1H3. The van der Waals surface area contributed by atoms with E-state index in [0.29, 0.717) is 18.8 Å². The Kier molecular flexibility index (Phi) is 4.44. The fraction of sp³-hybridized carbons (Fsp3) is 0.357. The SMILES string of the molecule is Cn1nc(C(F)(F)F)cc1CNCCc1ccccc1. The highest BCUT2D eigenvalue weighted by atomic mass is 19.4. The lowest BCUT2D eigenvalue weighted by atomic mass is 10.1. The Labute approximate surface area is 115 Å². The number of rotatable bonds is 5. The molecule has 0 atom stereocenters. The molecule has 2 aromatic rings. The van der Waals surface area contributed by atoms with Gasteiger partial charge < -0.3 is 5.32 Å². The number of benzene rings is 1. The van der Waals surface area contributed by atoms with E-state index in [1.54, 1.807) is 0 Å². The summed E-state index contributed by atoms with van der Waals surface area (Å²) in [5.74, 6) is 0. The molecule has 0 radical (unpaired) electrons. The van der Waals surface area contributed by atoms with Gasteiger partial charge in [-0.3, -0.25) is 4.68 Å². The van der Waals surface area contributed by atoms with Crippen molar-refractivity contribution in [1.29, 1.82) is 0 Å². The summed E-state index contributed by atoms with van der Waals surface area (Å²) in [6.45, 7) is 1.07. The average molecular weight is 283 g/mol. The Morgan fingerprint density at radius 1 is 1.20 bits per heavy atom. The molecule has 1 aromatic heterocycles. The smallest absolute Gasteiger partial charge is 0.311 e. The summed E-state index contributed by atoms with van der Waals surface area (Å²) in [7, 11) is 1.52. The van der Waals surface area contributed by atoms with Crippen molar-refractivity contribution in [3.63, 3.8) is 0 Å². The maximum atomic E-state index is 12.5. The molecule has 0 fully saturated rings. The van der Waals surface area contributed by atoms with Gasteiger partial charge in [0.2, 0.25) is 0 Å². The van der Waals surface area contributed by atoms with Crippen molar-refractivity contribution in [3.05, 3.63) is 53.3 Å².